The lowest BCUT2D eigenvalue weighted by molar-refractivity contribution is -0.137. The van der Waals surface area contributed by atoms with Gasteiger partial charge in [-0.25, -0.2) is 0 Å². The monoisotopic (exact) mass is 396 g/mol. The van der Waals surface area contributed by atoms with Gasteiger partial charge >= 0.3 is 5.97 Å². The van der Waals surface area contributed by atoms with Gasteiger partial charge in [0.2, 0.25) is 0 Å². The predicted octanol–water partition coefficient (Wildman–Crippen LogP) is 2.73. The number of carbonyl (C=O) groups is 1. The average molecular weight is 396 g/mol. The van der Waals surface area contributed by atoms with Gasteiger partial charge in [-0.15, -0.1) is 11.8 Å². The lowest BCUT2D eigenvalue weighted by Crippen LogP contribution is -2.19. The highest BCUT2D eigenvalue weighted by Gasteiger charge is 2.49. The van der Waals surface area contributed by atoms with E-state index < -0.39 is 18.2 Å². The summed E-state index contributed by atoms with van der Waals surface area (Å²) < 4.78 is 6.17. The zero-order valence-electron chi connectivity index (χ0n) is 16.9. The Balaban J connectivity index is 1.77. The van der Waals surface area contributed by atoms with Crippen LogP contribution in [0.25, 0.3) is 0 Å². The fourth-order valence-electron chi connectivity index (χ4n) is 4.19. The minimum atomic E-state index is -0.800. The van der Waals surface area contributed by atoms with Crippen LogP contribution in [0.15, 0.2) is 18.2 Å². The van der Waals surface area contributed by atoms with Gasteiger partial charge in [0.05, 0.1) is 12.0 Å². The van der Waals surface area contributed by atoms with E-state index in [2.05, 4.69) is 23.7 Å². The molecule has 0 unspecified atom stereocenters. The highest BCUT2D eigenvalue weighted by atomic mass is 16.5. The Labute approximate surface area is 172 Å². The molecule has 3 rings (SSSR count). The van der Waals surface area contributed by atoms with Crippen molar-refractivity contribution in [2.45, 2.75) is 70.2 Å². The van der Waals surface area contributed by atoms with E-state index in [1.54, 1.807) is 6.92 Å². The Kier molecular flexibility index (Phi) is 6.85. The van der Waals surface area contributed by atoms with Crippen molar-refractivity contribution in [1.29, 1.82) is 0 Å². The predicted molar refractivity (Wildman–Crippen MR) is 109 cm³/mol. The van der Waals surface area contributed by atoms with Crippen LogP contribution < -0.4 is 4.74 Å². The molecule has 0 bridgehead atoms. The van der Waals surface area contributed by atoms with Crippen molar-refractivity contribution in [2.24, 2.45) is 11.8 Å². The number of aliphatic hydroxyl groups excluding tert-OH is 2. The van der Waals surface area contributed by atoms with Gasteiger partial charge in [-0.2, -0.15) is 0 Å². The molecule has 6 atom stereocenters. The minimum Gasteiger partial charge on any atom is -0.489 e. The van der Waals surface area contributed by atoms with E-state index in [4.69, 9.17) is 9.84 Å². The maximum absolute atomic E-state index is 10.8. The first-order valence-corrected chi connectivity index (χ1v) is 10.2. The maximum Gasteiger partial charge on any atom is 0.303 e. The highest BCUT2D eigenvalue weighted by Crippen LogP contribution is 2.51. The topological polar surface area (TPSA) is 87.0 Å². The third kappa shape index (κ3) is 4.75. The van der Waals surface area contributed by atoms with Gasteiger partial charge in [0.25, 0.3) is 0 Å². The van der Waals surface area contributed by atoms with Crippen molar-refractivity contribution in [3.05, 3.63) is 29.3 Å². The van der Waals surface area contributed by atoms with Crippen molar-refractivity contribution in [3.8, 4) is 29.4 Å². The molecule has 0 spiro atoms. The van der Waals surface area contributed by atoms with E-state index in [1.807, 2.05) is 25.1 Å². The molecule has 1 saturated carbocycles. The molecule has 1 aromatic rings. The molecule has 1 aromatic carbocycles. The summed E-state index contributed by atoms with van der Waals surface area (Å²) in [6.07, 6.45) is 0.883. The molecule has 5 heteroatoms. The zero-order valence-corrected chi connectivity index (χ0v) is 16.9. The van der Waals surface area contributed by atoms with E-state index >= 15 is 0 Å². The van der Waals surface area contributed by atoms with Gasteiger partial charge in [0.15, 0.2) is 0 Å². The smallest absolute Gasteiger partial charge is 0.303 e. The third-order valence-corrected chi connectivity index (χ3v) is 5.81. The van der Waals surface area contributed by atoms with Crippen LogP contribution in [0.3, 0.4) is 0 Å². The Bertz CT molecular complexity index is 869. The molecule has 1 aliphatic carbocycles. The number of hydrogen-bond acceptors (Lipinski definition) is 4. The lowest BCUT2D eigenvalue weighted by Gasteiger charge is -2.16. The number of benzene rings is 1. The number of aryl methyl sites for hydroxylation is 1. The summed E-state index contributed by atoms with van der Waals surface area (Å²) in [6, 6.07) is 5.93. The molecule has 5 nitrogen and oxygen atoms in total. The quantitative estimate of drug-likeness (QED) is 0.644. The summed E-state index contributed by atoms with van der Waals surface area (Å²) >= 11 is 0. The van der Waals surface area contributed by atoms with Crippen LogP contribution >= 0.6 is 0 Å². The Morgan fingerprint density at radius 1 is 1.38 bits per heavy atom. The first-order chi connectivity index (χ1) is 13.9. The second-order valence-corrected chi connectivity index (χ2v) is 7.94. The van der Waals surface area contributed by atoms with Gasteiger partial charge < -0.3 is 20.1 Å². The number of para-hydroxylation sites is 1. The zero-order chi connectivity index (χ0) is 21.0. The standard InChI is InChI=1S/C24H28O5/c1-3-4-7-15(2)19(25)13-12-17-20(26)14-21-23(17)18-10-5-8-16(24(18)29-21)9-6-11-22(27)28/h5,8,10,15,17,19-21,23,25-26H,6-7,9,11,14H2,1-2H3,(H,27,28)/t15-,17-,19+,20+,21-,23-/m0/s1. The summed E-state index contributed by atoms with van der Waals surface area (Å²) in [4.78, 5) is 10.8. The van der Waals surface area contributed by atoms with Crippen LogP contribution in [-0.4, -0.2) is 39.6 Å². The van der Waals surface area contributed by atoms with E-state index in [0.29, 0.717) is 25.7 Å². The minimum absolute atomic E-state index is 0.0372. The summed E-state index contributed by atoms with van der Waals surface area (Å²) in [5.74, 6) is 11.5. The number of fused-ring (bicyclic) bond motifs is 3. The van der Waals surface area contributed by atoms with Crippen LogP contribution in [0.1, 0.15) is 56.6 Å². The Morgan fingerprint density at radius 3 is 2.90 bits per heavy atom. The molecule has 0 radical (unpaired) electrons. The van der Waals surface area contributed by atoms with E-state index in [-0.39, 0.29) is 30.3 Å². The van der Waals surface area contributed by atoms with Crippen molar-refractivity contribution >= 4 is 5.97 Å². The van der Waals surface area contributed by atoms with Gasteiger partial charge in [0, 0.05) is 36.7 Å². The van der Waals surface area contributed by atoms with Gasteiger partial charge in [-0.3, -0.25) is 4.79 Å². The molecule has 0 saturated heterocycles. The number of aliphatic hydroxyl groups is 2. The summed E-state index contributed by atoms with van der Waals surface area (Å²) in [5.41, 5.74) is 2.03. The van der Waals surface area contributed by atoms with Gasteiger partial charge in [-0.1, -0.05) is 37.0 Å². The summed E-state index contributed by atoms with van der Waals surface area (Å²) in [7, 11) is 0. The molecular formula is C24H28O5. The molecule has 2 aliphatic rings. The fourth-order valence-corrected chi connectivity index (χ4v) is 4.19. The highest BCUT2D eigenvalue weighted by molar-refractivity contribution is 5.66. The van der Waals surface area contributed by atoms with Crippen molar-refractivity contribution < 1.29 is 24.9 Å². The molecule has 154 valence electrons. The molecule has 1 fully saturated rings. The number of ether oxygens (including phenoxy) is 1. The van der Waals surface area contributed by atoms with Crippen LogP contribution in [0.4, 0.5) is 0 Å². The van der Waals surface area contributed by atoms with Crippen molar-refractivity contribution in [3.63, 3.8) is 0 Å². The first kappa shape index (κ1) is 21.2. The fraction of sp³-hybridized carbons (Fsp3) is 0.542. The van der Waals surface area contributed by atoms with E-state index in [1.165, 1.54) is 0 Å². The molecule has 1 aliphatic heterocycles. The van der Waals surface area contributed by atoms with Crippen LogP contribution in [0.5, 0.6) is 5.75 Å². The first-order valence-electron chi connectivity index (χ1n) is 10.2. The van der Waals surface area contributed by atoms with Crippen LogP contribution in [0, 0.1) is 35.5 Å². The van der Waals surface area contributed by atoms with Crippen molar-refractivity contribution in [1.82, 2.24) is 0 Å². The van der Waals surface area contributed by atoms with Gasteiger partial charge in [-0.05, 0) is 25.3 Å². The molecule has 29 heavy (non-hydrogen) atoms. The number of hydrogen-bond donors (Lipinski definition) is 3. The van der Waals surface area contributed by atoms with Crippen molar-refractivity contribution in [2.75, 3.05) is 0 Å². The molecule has 0 aromatic heterocycles. The summed E-state index contributed by atoms with van der Waals surface area (Å²) in [6.45, 7) is 3.68. The SMILES string of the molecule is CC#CC[C@H](C)[C@H](O)C#C[C@@H]1[C@H]2c3cccc(CCCC(=O)O)c3O[C@H]2C[C@H]1O. The van der Waals surface area contributed by atoms with E-state index in [9.17, 15) is 15.0 Å². The molecule has 1 heterocycles. The normalized spacial score (nSPS) is 26.1. The number of rotatable bonds is 6. The summed E-state index contributed by atoms with van der Waals surface area (Å²) in [5, 5.41) is 29.7. The maximum atomic E-state index is 10.8. The number of aliphatic carboxylic acids is 1. The molecule has 3 N–H and O–H groups in total. The van der Waals surface area contributed by atoms with E-state index in [0.717, 1.165) is 16.9 Å². The Hall–Kier alpha value is -2.47. The Morgan fingerprint density at radius 2 is 2.17 bits per heavy atom. The molecule has 0 amide bonds. The van der Waals surface area contributed by atoms with Gasteiger partial charge in [0.1, 0.15) is 18.0 Å². The third-order valence-electron chi connectivity index (χ3n) is 5.81. The average Bonchev–Trinajstić information content (AvgIpc) is 3.19. The molecular weight excluding hydrogens is 368 g/mol. The lowest BCUT2D eigenvalue weighted by atomic mass is 9.87. The largest absolute Gasteiger partial charge is 0.489 e. The number of carboxylic acids is 1. The second kappa shape index (κ2) is 9.35. The van der Waals surface area contributed by atoms with Crippen LogP contribution in [-0.2, 0) is 11.2 Å². The number of carboxylic acid groups (broad SMARTS) is 1. The van der Waals surface area contributed by atoms with Crippen LogP contribution in [0.2, 0.25) is 0 Å². The second-order valence-electron chi connectivity index (χ2n) is 7.94.